The molecule has 1 amide bonds. The fourth-order valence-corrected chi connectivity index (χ4v) is 6.30. The number of benzene rings is 1. The number of nitrogens with one attached hydrogen (secondary N) is 1. The summed E-state index contributed by atoms with van der Waals surface area (Å²) in [5.41, 5.74) is 3.13. The van der Waals surface area contributed by atoms with Crippen molar-refractivity contribution in [2.75, 3.05) is 23.4 Å². The Bertz CT molecular complexity index is 993. The molecule has 1 aromatic heterocycles. The molecule has 1 N–H and O–H groups in total. The van der Waals surface area contributed by atoms with Crippen LogP contribution >= 0.6 is 11.3 Å². The molecule has 1 atom stereocenters. The van der Waals surface area contributed by atoms with E-state index in [0.717, 1.165) is 17.5 Å². The van der Waals surface area contributed by atoms with E-state index in [2.05, 4.69) is 12.2 Å². The van der Waals surface area contributed by atoms with Crippen molar-refractivity contribution in [2.24, 2.45) is 5.92 Å². The van der Waals surface area contributed by atoms with Gasteiger partial charge in [-0.15, -0.1) is 11.3 Å². The largest absolute Gasteiger partial charge is 0.462 e. The molecule has 1 aliphatic heterocycles. The summed E-state index contributed by atoms with van der Waals surface area (Å²) < 4.78 is 28.4. The molecule has 1 aliphatic rings. The average molecular weight is 436 g/mol. The average Bonchev–Trinajstić information content (AvgIpc) is 3.24. The first-order valence-corrected chi connectivity index (χ1v) is 12.4. The first-order valence-electron chi connectivity index (χ1n) is 9.71. The molecule has 8 heteroatoms. The number of rotatable bonds is 7. The van der Waals surface area contributed by atoms with Gasteiger partial charge in [-0.05, 0) is 36.8 Å². The predicted octanol–water partition coefficient (Wildman–Crippen LogP) is 3.92. The fraction of sp³-hybridized carbons (Fsp3) is 0.429. The first kappa shape index (κ1) is 21.5. The summed E-state index contributed by atoms with van der Waals surface area (Å²) in [6.45, 7) is 4.04. The van der Waals surface area contributed by atoms with Crippen molar-refractivity contribution >= 4 is 38.1 Å². The summed E-state index contributed by atoms with van der Waals surface area (Å²) in [7, 11) is -3.03. The molecule has 1 fully saturated rings. The number of carbonyl (C=O) groups is 2. The maximum atomic E-state index is 12.6. The lowest BCUT2D eigenvalue weighted by Gasteiger charge is -2.11. The van der Waals surface area contributed by atoms with Crippen LogP contribution in [0, 0.1) is 5.92 Å². The van der Waals surface area contributed by atoms with Gasteiger partial charge < -0.3 is 10.1 Å². The second kappa shape index (κ2) is 9.09. The van der Waals surface area contributed by atoms with Gasteiger partial charge in [0.1, 0.15) is 10.6 Å². The lowest BCUT2D eigenvalue weighted by Crippen LogP contribution is -2.18. The van der Waals surface area contributed by atoms with Gasteiger partial charge in [0.2, 0.25) is 5.91 Å². The van der Waals surface area contributed by atoms with E-state index in [4.69, 9.17) is 4.74 Å². The second-order valence-corrected chi connectivity index (χ2v) is 10.3. The van der Waals surface area contributed by atoms with Gasteiger partial charge in [0.05, 0.1) is 18.1 Å². The normalized spacial score (nSPS) is 17.8. The zero-order chi connectivity index (χ0) is 21.0. The van der Waals surface area contributed by atoms with Gasteiger partial charge in [0.15, 0.2) is 9.84 Å². The van der Waals surface area contributed by atoms with E-state index in [1.807, 2.05) is 29.6 Å². The lowest BCUT2D eigenvalue weighted by atomic mass is 10.0. The number of aryl methyl sites for hydroxylation is 1. The standard InChI is InChI=1S/C21H25NO5S2/c1-3-14-5-7-16(8-6-14)17-12-28-20(19(17)21(24)27-4-2)22-18(23)11-15-9-10-29(25,26)13-15/h5-8,12,15H,3-4,9-11,13H2,1-2H3,(H,22,23)/t15-/m0/s1. The molecular formula is C21H25NO5S2. The third kappa shape index (κ3) is 5.25. The van der Waals surface area contributed by atoms with Crippen LogP contribution in [0.5, 0.6) is 0 Å². The highest BCUT2D eigenvalue weighted by atomic mass is 32.2. The summed E-state index contributed by atoms with van der Waals surface area (Å²) in [5, 5.41) is 5.07. The van der Waals surface area contributed by atoms with Crippen LogP contribution in [-0.4, -0.2) is 38.4 Å². The van der Waals surface area contributed by atoms with E-state index in [-0.39, 0.29) is 36.4 Å². The number of hydrogen-bond acceptors (Lipinski definition) is 6. The fourth-order valence-electron chi connectivity index (χ4n) is 3.46. The Hall–Kier alpha value is -2.19. The predicted molar refractivity (Wildman–Crippen MR) is 115 cm³/mol. The number of sulfone groups is 1. The molecule has 29 heavy (non-hydrogen) atoms. The maximum Gasteiger partial charge on any atom is 0.341 e. The molecule has 6 nitrogen and oxygen atoms in total. The number of amides is 1. The van der Waals surface area contributed by atoms with Crippen molar-refractivity contribution in [3.63, 3.8) is 0 Å². The highest BCUT2D eigenvalue weighted by Crippen LogP contribution is 2.37. The summed E-state index contributed by atoms with van der Waals surface area (Å²) >= 11 is 1.27. The Labute approximate surface area is 175 Å². The molecule has 3 rings (SSSR count). The number of carbonyl (C=O) groups excluding carboxylic acids is 2. The van der Waals surface area contributed by atoms with Crippen LogP contribution in [0.3, 0.4) is 0 Å². The van der Waals surface area contributed by atoms with Gasteiger partial charge in [-0.1, -0.05) is 31.2 Å². The molecule has 2 aromatic rings. The Morgan fingerprint density at radius 1 is 1.21 bits per heavy atom. The molecule has 0 saturated carbocycles. The number of thiophene rings is 1. The summed E-state index contributed by atoms with van der Waals surface area (Å²) in [5.74, 6) is -0.762. The van der Waals surface area contributed by atoms with E-state index in [1.54, 1.807) is 6.92 Å². The Balaban J connectivity index is 1.83. The van der Waals surface area contributed by atoms with Crippen LogP contribution in [0.15, 0.2) is 29.6 Å². The Morgan fingerprint density at radius 2 is 1.93 bits per heavy atom. The highest BCUT2D eigenvalue weighted by Gasteiger charge is 2.30. The molecule has 1 saturated heterocycles. The molecule has 2 heterocycles. The van der Waals surface area contributed by atoms with Crippen LogP contribution < -0.4 is 5.32 Å². The molecule has 0 bridgehead atoms. The number of esters is 1. The Kier molecular flexibility index (Phi) is 6.74. The molecule has 0 spiro atoms. The summed E-state index contributed by atoms with van der Waals surface area (Å²) in [6.07, 6.45) is 1.55. The Morgan fingerprint density at radius 3 is 2.52 bits per heavy atom. The summed E-state index contributed by atoms with van der Waals surface area (Å²) in [4.78, 5) is 25.1. The van der Waals surface area contributed by atoms with Gasteiger partial charge in [0, 0.05) is 17.4 Å². The molecule has 156 valence electrons. The zero-order valence-corrected chi connectivity index (χ0v) is 18.2. The molecular weight excluding hydrogens is 410 g/mol. The van der Waals surface area contributed by atoms with Crippen molar-refractivity contribution < 1.29 is 22.7 Å². The lowest BCUT2D eigenvalue weighted by molar-refractivity contribution is -0.116. The third-order valence-electron chi connectivity index (χ3n) is 5.00. The van der Waals surface area contributed by atoms with E-state index < -0.39 is 15.8 Å². The van der Waals surface area contributed by atoms with Crippen molar-refractivity contribution in [3.05, 3.63) is 40.8 Å². The quantitative estimate of drug-likeness (QED) is 0.666. The highest BCUT2D eigenvalue weighted by molar-refractivity contribution is 7.91. The van der Waals surface area contributed by atoms with Gasteiger partial charge in [0.25, 0.3) is 0 Å². The van der Waals surface area contributed by atoms with E-state index in [0.29, 0.717) is 17.0 Å². The molecule has 0 unspecified atom stereocenters. The monoisotopic (exact) mass is 435 g/mol. The minimum Gasteiger partial charge on any atom is -0.462 e. The number of hydrogen-bond donors (Lipinski definition) is 1. The van der Waals surface area contributed by atoms with Crippen LogP contribution in [0.2, 0.25) is 0 Å². The van der Waals surface area contributed by atoms with Crippen molar-refractivity contribution in [1.82, 2.24) is 0 Å². The van der Waals surface area contributed by atoms with Gasteiger partial charge in [-0.2, -0.15) is 0 Å². The maximum absolute atomic E-state index is 12.6. The molecule has 0 radical (unpaired) electrons. The van der Waals surface area contributed by atoms with E-state index in [9.17, 15) is 18.0 Å². The van der Waals surface area contributed by atoms with Crippen LogP contribution in [0.25, 0.3) is 11.1 Å². The number of ether oxygens (including phenoxy) is 1. The van der Waals surface area contributed by atoms with Crippen LogP contribution in [-0.2, 0) is 25.8 Å². The van der Waals surface area contributed by atoms with Gasteiger partial charge in [-0.25, -0.2) is 13.2 Å². The van der Waals surface area contributed by atoms with Crippen molar-refractivity contribution in [3.8, 4) is 11.1 Å². The smallest absolute Gasteiger partial charge is 0.341 e. The third-order valence-corrected chi connectivity index (χ3v) is 7.73. The summed E-state index contributed by atoms with van der Waals surface area (Å²) in [6, 6.07) is 7.94. The topological polar surface area (TPSA) is 89.5 Å². The molecule has 1 aromatic carbocycles. The second-order valence-electron chi connectivity index (χ2n) is 7.15. The van der Waals surface area contributed by atoms with E-state index >= 15 is 0 Å². The van der Waals surface area contributed by atoms with Crippen molar-refractivity contribution in [1.29, 1.82) is 0 Å². The number of anilines is 1. The van der Waals surface area contributed by atoms with Gasteiger partial charge in [-0.3, -0.25) is 4.79 Å². The molecule has 0 aliphatic carbocycles. The first-order chi connectivity index (χ1) is 13.8. The van der Waals surface area contributed by atoms with Crippen LogP contribution in [0.4, 0.5) is 5.00 Å². The zero-order valence-electron chi connectivity index (χ0n) is 16.6. The van der Waals surface area contributed by atoms with E-state index in [1.165, 1.54) is 16.9 Å². The SMILES string of the molecule is CCOC(=O)c1c(-c2ccc(CC)cc2)csc1NC(=O)C[C@@H]1CCS(=O)(=O)C1. The van der Waals surface area contributed by atoms with Crippen molar-refractivity contribution in [2.45, 2.75) is 33.1 Å². The minimum absolute atomic E-state index is 0.0463. The minimum atomic E-state index is -3.03. The van der Waals surface area contributed by atoms with Crippen LogP contribution in [0.1, 0.15) is 42.6 Å². The van der Waals surface area contributed by atoms with Gasteiger partial charge >= 0.3 is 5.97 Å².